The minimum absolute atomic E-state index is 0.633. The van der Waals surface area contributed by atoms with E-state index in [1.807, 2.05) is 25.1 Å². The van der Waals surface area contributed by atoms with Crippen molar-refractivity contribution in [2.75, 3.05) is 37.4 Å². The van der Waals surface area contributed by atoms with Gasteiger partial charge in [0.2, 0.25) is 0 Å². The van der Waals surface area contributed by atoms with Crippen molar-refractivity contribution >= 4 is 11.4 Å². The van der Waals surface area contributed by atoms with Crippen LogP contribution in [0.25, 0.3) is 0 Å². The molecule has 1 aromatic rings. The number of nitrogens with two attached hydrogens (primary N) is 1. The van der Waals surface area contributed by atoms with Crippen molar-refractivity contribution in [1.29, 1.82) is 0 Å². The standard InChI is InChI=1S/C14H22N2O2/c1-2-18-13-5-3-4-12(14(13)15)16-10-11-6-8-17-9-7-11/h3-5,11,16H,2,6-10,15H2,1H3. The van der Waals surface area contributed by atoms with E-state index < -0.39 is 0 Å². The number of ether oxygens (including phenoxy) is 2. The van der Waals surface area contributed by atoms with E-state index in [9.17, 15) is 0 Å². The molecule has 1 aromatic carbocycles. The van der Waals surface area contributed by atoms with Crippen LogP contribution in [-0.4, -0.2) is 26.4 Å². The first-order chi connectivity index (χ1) is 8.81. The maximum atomic E-state index is 6.07. The van der Waals surface area contributed by atoms with Crippen molar-refractivity contribution in [2.24, 2.45) is 5.92 Å². The molecule has 0 bridgehead atoms. The largest absolute Gasteiger partial charge is 0.492 e. The summed E-state index contributed by atoms with van der Waals surface area (Å²) in [4.78, 5) is 0. The first-order valence-electron chi connectivity index (χ1n) is 6.64. The lowest BCUT2D eigenvalue weighted by atomic mass is 10.0. The Balaban J connectivity index is 1.93. The Morgan fingerprint density at radius 3 is 2.89 bits per heavy atom. The van der Waals surface area contributed by atoms with Gasteiger partial charge in [-0.1, -0.05) is 6.07 Å². The van der Waals surface area contributed by atoms with Crippen molar-refractivity contribution < 1.29 is 9.47 Å². The van der Waals surface area contributed by atoms with Crippen molar-refractivity contribution in [2.45, 2.75) is 19.8 Å². The van der Waals surface area contributed by atoms with Crippen LogP contribution in [0.15, 0.2) is 18.2 Å². The van der Waals surface area contributed by atoms with Gasteiger partial charge in [-0.2, -0.15) is 0 Å². The fraction of sp³-hybridized carbons (Fsp3) is 0.571. The van der Waals surface area contributed by atoms with Gasteiger partial charge in [-0.3, -0.25) is 0 Å². The van der Waals surface area contributed by atoms with Crippen molar-refractivity contribution in [3.05, 3.63) is 18.2 Å². The molecule has 4 heteroatoms. The van der Waals surface area contributed by atoms with Gasteiger partial charge < -0.3 is 20.5 Å². The zero-order valence-electron chi connectivity index (χ0n) is 10.9. The molecule has 0 saturated carbocycles. The number of benzene rings is 1. The number of anilines is 2. The Hall–Kier alpha value is -1.42. The average Bonchev–Trinajstić information content (AvgIpc) is 2.41. The molecule has 4 nitrogen and oxygen atoms in total. The third kappa shape index (κ3) is 3.29. The highest BCUT2D eigenvalue weighted by Crippen LogP contribution is 2.29. The minimum Gasteiger partial charge on any atom is -0.492 e. The molecule has 0 unspecified atom stereocenters. The van der Waals surface area contributed by atoms with Crippen LogP contribution in [0.3, 0.4) is 0 Å². The molecule has 0 amide bonds. The third-order valence-corrected chi connectivity index (χ3v) is 3.29. The molecule has 100 valence electrons. The van der Waals surface area contributed by atoms with Gasteiger partial charge in [-0.05, 0) is 37.8 Å². The molecule has 0 radical (unpaired) electrons. The van der Waals surface area contributed by atoms with E-state index in [1.54, 1.807) is 0 Å². The maximum absolute atomic E-state index is 6.07. The number of para-hydroxylation sites is 1. The first-order valence-corrected chi connectivity index (χ1v) is 6.64. The van der Waals surface area contributed by atoms with E-state index in [2.05, 4.69) is 5.32 Å². The number of hydrogen-bond acceptors (Lipinski definition) is 4. The van der Waals surface area contributed by atoms with Crippen LogP contribution in [-0.2, 0) is 4.74 Å². The normalized spacial score (nSPS) is 16.5. The Kier molecular flexibility index (Phi) is 4.70. The quantitative estimate of drug-likeness (QED) is 0.788. The first kappa shape index (κ1) is 13.0. The molecule has 2 rings (SSSR count). The summed E-state index contributed by atoms with van der Waals surface area (Å²) in [5.41, 5.74) is 7.74. The van der Waals surface area contributed by atoms with Crippen LogP contribution in [0.4, 0.5) is 11.4 Å². The summed E-state index contributed by atoms with van der Waals surface area (Å²) in [6.07, 6.45) is 2.25. The van der Waals surface area contributed by atoms with Crippen LogP contribution in [0.5, 0.6) is 5.75 Å². The number of nitrogens with one attached hydrogen (secondary N) is 1. The van der Waals surface area contributed by atoms with Crippen LogP contribution >= 0.6 is 0 Å². The molecular weight excluding hydrogens is 228 g/mol. The number of rotatable bonds is 5. The monoisotopic (exact) mass is 250 g/mol. The number of nitrogen functional groups attached to an aromatic ring is 1. The van der Waals surface area contributed by atoms with Crippen LogP contribution < -0.4 is 15.8 Å². The summed E-state index contributed by atoms with van der Waals surface area (Å²) >= 11 is 0. The molecule has 1 aliphatic heterocycles. The fourth-order valence-corrected chi connectivity index (χ4v) is 2.18. The molecule has 1 heterocycles. The van der Waals surface area contributed by atoms with E-state index in [-0.39, 0.29) is 0 Å². The maximum Gasteiger partial charge on any atom is 0.144 e. The van der Waals surface area contributed by atoms with Crippen LogP contribution in [0, 0.1) is 5.92 Å². The molecule has 1 saturated heterocycles. The van der Waals surface area contributed by atoms with Crippen molar-refractivity contribution in [3.8, 4) is 5.75 Å². The molecule has 1 aliphatic rings. The smallest absolute Gasteiger partial charge is 0.144 e. The Morgan fingerprint density at radius 1 is 1.39 bits per heavy atom. The predicted octanol–water partition coefficient (Wildman–Crippen LogP) is 2.51. The zero-order chi connectivity index (χ0) is 12.8. The molecule has 0 aromatic heterocycles. The zero-order valence-corrected chi connectivity index (χ0v) is 10.9. The molecular formula is C14H22N2O2. The average molecular weight is 250 g/mol. The summed E-state index contributed by atoms with van der Waals surface area (Å²) in [6, 6.07) is 5.86. The van der Waals surface area contributed by atoms with Gasteiger partial charge in [0, 0.05) is 19.8 Å². The fourth-order valence-electron chi connectivity index (χ4n) is 2.18. The van der Waals surface area contributed by atoms with E-state index in [0.29, 0.717) is 18.2 Å². The van der Waals surface area contributed by atoms with Gasteiger partial charge in [0.05, 0.1) is 18.0 Å². The summed E-state index contributed by atoms with van der Waals surface area (Å²) in [5.74, 6) is 1.43. The Bertz CT molecular complexity index is 376. The molecule has 0 atom stereocenters. The second-order valence-corrected chi connectivity index (χ2v) is 4.59. The van der Waals surface area contributed by atoms with Gasteiger partial charge in [-0.25, -0.2) is 0 Å². The summed E-state index contributed by atoms with van der Waals surface area (Å²) in [5, 5.41) is 3.42. The third-order valence-electron chi connectivity index (χ3n) is 3.29. The lowest BCUT2D eigenvalue weighted by Gasteiger charge is -2.23. The molecule has 1 fully saturated rings. The highest BCUT2D eigenvalue weighted by atomic mass is 16.5. The van der Waals surface area contributed by atoms with Crippen molar-refractivity contribution in [3.63, 3.8) is 0 Å². The predicted molar refractivity (Wildman–Crippen MR) is 74.1 cm³/mol. The van der Waals surface area contributed by atoms with E-state index >= 15 is 0 Å². The number of hydrogen-bond donors (Lipinski definition) is 2. The van der Waals surface area contributed by atoms with E-state index in [0.717, 1.165) is 44.0 Å². The Morgan fingerprint density at radius 2 is 2.17 bits per heavy atom. The van der Waals surface area contributed by atoms with Gasteiger partial charge >= 0.3 is 0 Å². The van der Waals surface area contributed by atoms with Gasteiger partial charge in [0.1, 0.15) is 5.75 Å². The van der Waals surface area contributed by atoms with Crippen molar-refractivity contribution in [1.82, 2.24) is 0 Å². The molecule has 0 aliphatic carbocycles. The Labute approximate surface area is 108 Å². The highest BCUT2D eigenvalue weighted by Gasteiger charge is 2.14. The van der Waals surface area contributed by atoms with Gasteiger partial charge in [0.15, 0.2) is 0 Å². The molecule has 0 spiro atoms. The lowest BCUT2D eigenvalue weighted by Crippen LogP contribution is -2.22. The summed E-state index contributed by atoms with van der Waals surface area (Å²) in [6.45, 7) is 5.29. The van der Waals surface area contributed by atoms with E-state index in [1.165, 1.54) is 0 Å². The second kappa shape index (κ2) is 6.50. The lowest BCUT2D eigenvalue weighted by molar-refractivity contribution is 0.0699. The summed E-state index contributed by atoms with van der Waals surface area (Å²) in [7, 11) is 0. The van der Waals surface area contributed by atoms with Gasteiger partial charge in [-0.15, -0.1) is 0 Å². The van der Waals surface area contributed by atoms with E-state index in [4.69, 9.17) is 15.2 Å². The minimum atomic E-state index is 0.633. The van der Waals surface area contributed by atoms with Crippen LogP contribution in [0.1, 0.15) is 19.8 Å². The topological polar surface area (TPSA) is 56.5 Å². The molecule has 18 heavy (non-hydrogen) atoms. The van der Waals surface area contributed by atoms with Gasteiger partial charge in [0.25, 0.3) is 0 Å². The highest BCUT2D eigenvalue weighted by molar-refractivity contribution is 5.72. The molecule has 3 N–H and O–H groups in total. The second-order valence-electron chi connectivity index (χ2n) is 4.59. The summed E-state index contributed by atoms with van der Waals surface area (Å²) < 4.78 is 10.8. The van der Waals surface area contributed by atoms with Crippen LogP contribution in [0.2, 0.25) is 0 Å². The SMILES string of the molecule is CCOc1cccc(NCC2CCOCC2)c1N.